The third kappa shape index (κ3) is 2.01. The van der Waals surface area contributed by atoms with E-state index in [-0.39, 0.29) is 0 Å². The number of halogens is 1. The normalized spacial score (nSPS) is 10.8. The Bertz CT molecular complexity index is 295. The maximum atomic E-state index is 5.71. The molecule has 0 heterocycles. The number of hydrogen-bond acceptors (Lipinski definition) is 2. The molecule has 0 aliphatic carbocycles. The van der Waals surface area contributed by atoms with Gasteiger partial charge in [-0.3, -0.25) is 0 Å². The highest BCUT2D eigenvalue weighted by molar-refractivity contribution is 9.08. The van der Waals surface area contributed by atoms with Gasteiger partial charge < -0.3 is 11.5 Å². The molecule has 0 spiro atoms. The zero-order valence-corrected chi connectivity index (χ0v) is 8.21. The van der Waals surface area contributed by atoms with Gasteiger partial charge in [-0.15, -0.1) is 0 Å². The van der Waals surface area contributed by atoms with Gasteiger partial charge in [0.25, 0.3) is 0 Å². The lowest BCUT2D eigenvalue weighted by molar-refractivity contribution is 1.42. The summed E-state index contributed by atoms with van der Waals surface area (Å²) < 4.78 is 0. The van der Waals surface area contributed by atoms with Crippen molar-refractivity contribution in [3.63, 3.8) is 0 Å². The molecule has 0 aliphatic rings. The summed E-state index contributed by atoms with van der Waals surface area (Å²) in [4.78, 5) is 0. The fourth-order valence-electron chi connectivity index (χ4n) is 0.955. The van der Waals surface area contributed by atoms with Crippen LogP contribution in [0.4, 0.5) is 5.69 Å². The first-order valence-electron chi connectivity index (χ1n) is 3.60. The van der Waals surface area contributed by atoms with E-state index in [1.165, 1.54) is 11.8 Å². The van der Waals surface area contributed by atoms with E-state index in [1.54, 1.807) is 6.08 Å². The van der Waals surface area contributed by atoms with Crippen LogP contribution in [-0.2, 0) is 5.33 Å². The Morgan fingerprint density at radius 2 is 2.17 bits per heavy atom. The number of rotatable bonds is 2. The van der Waals surface area contributed by atoms with Gasteiger partial charge in [0.05, 0.1) is 0 Å². The minimum absolute atomic E-state index is 0.751. The van der Waals surface area contributed by atoms with E-state index in [9.17, 15) is 0 Å². The van der Waals surface area contributed by atoms with Crippen molar-refractivity contribution in [3.05, 3.63) is 35.5 Å². The van der Waals surface area contributed by atoms with E-state index in [4.69, 9.17) is 11.5 Å². The highest BCUT2D eigenvalue weighted by Crippen LogP contribution is 2.17. The van der Waals surface area contributed by atoms with Crippen molar-refractivity contribution < 1.29 is 0 Å². The van der Waals surface area contributed by atoms with Gasteiger partial charge >= 0.3 is 0 Å². The number of alkyl halides is 1. The molecule has 0 aromatic heterocycles. The number of nitrogen functional groups attached to an aromatic ring is 1. The van der Waals surface area contributed by atoms with E-state index in [0.717, 1.165) is 16.6 Å². The highest BCUT2D eigenvalue weighted by Gasteiger charge is 1.96. The fraction of sp³-hybridized carbons (Fsp3) is 0.111. The van der Waals surface area contributed by atoms with Crippen LogP contribution in [0.15, 0.2) is 24.4 Å². The SMILES string of the molecule is N/C=C\c1cc(CBr)ccc1N. The number of benzene rings is 1. The molecule has 1 aromatic carbocycles. The Kier molecular flexibility index (Phi) is 3.17. The average molecular weight is 227 g/mol. The highest BCUT2D eigenvalue weighted by atomic mass is 79.9. The zero-order valence-electron chi connectivity index (χ0n) is 6.63. The Hall–Kier alpha value is -0.960. The molecule has 0 saturated carbocycles. The number of hydrogen-bond donors (Lipinski definition) is 2. The molecule has 64 valence electrons. The smallest absolute Gasteiger partial charge is 0.0388 e. The van der Waals surface area contributed by atoms with Gasteiger partial charge in [-0.25, -0.2) is 0 Å². The second-order valence-corrected chi connectivity index (χ2v) is 3.02. The van der Waals surface area contributed by atoms with Crippen LogP contribution in [0.25, 0.3) is 6.08 Å². The molecule has 0 bridgehead atoms. The molecule has 0 atom stereocenters. The average Bonchev–Trinajstić information content (AvgIpc) is 2.09. The van der Waals surface area contributed by atoms with Crippen LogP contribution >= 0.6 is 15.9 Å². The molecule has 0 saturated heterocycles. The van der Waals surface area contributed by atoms with E-state index in [1.807, 2.05) is 18.2 Å². The fourth-order valence-corrected chi connectivity index (χ4v) is 1.30. The summed E-state index contributed by atoms with van der Waals surface area (Å²) in [6, 6.07) is 5.87. The Labute approximate surface area is 80.4 Å². The first-order valence-corrected chi connectivity index (χ1v) is 4.72. The Morgan fingerprint density at radius 1 is 1.42 bits per heavy atom. The second-order valence-electron chi connectivity index (χ2n) is 2.46. The van der Waals surface area contributed by atoms with Gasteiger partial charge in [0.15, 0.2) is 0 Å². The molecule has 1 rings (SSSR count). The number of anilines is 1. The van der Waals surface area contributed by atoms with Gasteiger partial charge in [0.1, 0.15) is 0 Å². The molecule has 0 radical (unpaired) electrons. The van der Waals surface area contributed by atoms with Crippen molar-refractivity contribution >= 4 is 27.7 Å². The summed E-state index contributed by atoms with van der Waals surface area (Å²) in [5.41, 5.74) is 13.9. The van der Waals surface area contributed by atoms with Crippen LogP contribution < -0.4 is 11.5 Å². The van der Waals surface area contributed by atoms with Crippen molar-refractivity contribution in [3.8, 4) is 0 Å². The summed E-state index contributed by atoms with van der Waals surface area (Å²) in [6.07, 6.45) is 3.28. The Morgan fingerprint density at radius 3 is 2.75 bits per heavy atom. The third-order valence-electron chi connectivity index (χ3n) is 1.58. The monoisotopic (exact) mass is 226 g/mol. The zero-order chi connectivity index (χ0) is 8.97. The predicted molar refractivity (Wildman–Crippen MR) is 56.7 cm³/mol. The van der Waals surface area contributed by atoms with Crippen molar-refractivity contribution in [2.75, 3.05) is 5.73 Å². The van der Waals surface area contributed by atoms with Crippen LogP contribution in [-0.4, -0.2) is 0 Å². The summed E-state index contributed by atoms with van der Waals surface area (Å²) in [6.45, 7) is 0. The summed E-state index contributed by atoms with van der Waals surface area (Å²) >= 11 is 3.37. The van der Waals surface area contributed by atoms with Gasteiger partial charge in [0.2, 0.25) is 0 Å². The summed E-state index contributed by atoms with van der Waals surface area (Å²) in [5, 5.41) is 0.832. The first-order chi connectivity index (χ1) is 5.77. The lowest BCUT2D eigenvalue weighted by Gasteiger charge is -2.01. The van der Waals surface area contributed by atoms with Crippen LogP contribution in [0.1, 0.15) is 11.1 Å². The van der Waals surface area contributed by atoms with Gasteiger partial charge in [-0.05, 0) is 35.5 Å². The van der Waals surface area contributed by atoms with Crippen molar-refractivity contribution in [2.24, 2.45) is 5.73 Å². The van der Waals surface area contributed by atoms with Crippen molar-refractivity contribution in [2.45, 2.75) is 5.33 Å². The molecular weight excluding hydrogens is 216 g/mol. The molecular formula is C9H11BrN2. The van der Waals surface area contributed by atoms with Gasteiger partial charge in [-0.1, -0.05) is 22.0 Å². The lowest BCUT2D eigenvalue weighted by atomic mass is 10.1. The largest absolute Gasteiger partial charge is 0.405 e. The standard InChI is InChI=1S/C9H11BrN2/c10-6-7-1-2-9(12)8(5-7)3-4-11/h1-5H,6,11-12H2/b4-3-. The molecule has 2 nitrogen and oxygen atoms in total. The van der Waals surface area contributed by atoms with Crippen molar-refractivity contribution in [1.29, 1.82) is 0 Å². The molecule has 0 amide bonds. The van der Waals surface area contributed by atoms with Crippen LogP contribution in [0.3, 0.4) is 0 Å². The first kappa shape index (κ1) is 9.13. The molecule has 4 N–H and O–H groups in total. The molecule has 0 unspecified atom stereocenters. The maximum absolute atomic E-state index is 5.71. The molecule has 0 aliphatic heterocycles. The Balaban J connectivity index is 3.08. The van der Waals surface area contributed by atoms with Crippen LogP contribution in [0.5, 0.6) is 0 Å². The quantitative estimate of drug-likeness (QED) is 0.600. The summed E-state index contributed by atoms with van der Waals surface area (Å²) in [5.74, 6) is 0. The van der Waals surface area contributed by atoms with E-state index in [0.29, 0.717) is 0 Å². The van der Waals surface area contributed by atoms with E-state index >= 15 is 0 Å². The molecule has 1 aromatic rings. The van der Waals surface area contributed by atoms with Crippen molar-refractivity contribution in [1.82, 2.24) is 0 Å². The lowest BCUT2D eigenvalue weighted by Crippen LogP contribution is -1.91. The minimum atomic E-state index is 0.751. The predicted octanol–water partition coefficient (Wildman–Crippen LogP) is 2.09. The third-order valence-corrected chi connectivity index (χ3v) is 2.23. The van der Waals surface area contributed by atoms with Crippen LogP contribution in [0, 0.1) is 0 Å². The molecule has 12 heavy (non-hydrogen) atoms. The topological polar surface area (TPSA) is 52.0 Å². The molecule has 0 fully saturated rings. The van der Waals surface area contributed by atoms with E-state index < -0.39 is 0 Å². The van der Waals surface area contributed by atoms with Gasteiger partial charge in [0, 0.05) is 11.0 Å². The minimum Gasteiger partial charge on any atom is -0.405 e. The van der Waals surface area contributed by atoms with Crippen LogP contribution in [0.2, 0.25) is 0 Å². The maximum Gasteiger partial charge on any atom is 0.0388 e. The van der Waals surface area contributed by atoms with Gasteiger partial charge in [-0.2, -0.15) is 0 Å². The molecule has 3 heteroatoms. The number of nitrogens with two attached hydrogens (primary N) is 2. The summed E-state index contributed by atoms with van der Waals surface area (Å²) in [7, 11) is 0. The van der Waals surface area contributed by atoms with E-state index in [2.05, 4.69) is 15.9 Å². The second kappa shape index (κ2) is 4.16.